The molecule has 0 aliphatic carbocycles. The molecular weight excluding hydrogens is 356 g/mol. The van der Waals surface area contributed by atoms with Crippen LogP contribution in [0.3, 0.4) is 0 Å². The molecule has 0 spiro atoms. The monoisotopic (exact) mass is 388 g/mol. The molecule has 0 radical (unpaired) electrons. The summed E-state index contributed by atoms with van der Waals surface area (Å²) in [4.78, 5) is 20.1. The SMILES string of the molecule is C.C.C=CCN.C=CNC(=S)SC(C)(C)C(=O)O.CC(C)=O.Cl. The molecule has 5 nitrogen and oxygen atoms in total. The van der Waals surface area contributed by atoms with E-state index in [1.165, 1.54) is 20.0 Å². The molecule has 8 heteroatoms. The molecule has 0 atom stereocenters. The summed E-state index contributed by atoms with van der Waals surface area (Å²) in [6.45, 7) is 13.6. The number of hydrogen-bond donors (Lipinski definition) is 3. The van der Waals surface area contributed by atoms with Gasteiger partial charge >= 0.3 is 5.97 Å². The molecule has 0 amide bonds. The Labute approximate surface area is 157 Å². The number of carbonyl (C=O) groups is 2. The van der Waals surface area contributed by atoms with Crippen molar-refractivity contribution >= 4 is 52.5 Å². The number of aliphatic carboxylic acids is 1. The highest BCUT2D eigenvalue weighted by Crippen LogP contribution is 2.24. The third-order valence-electron chi connectivity index (χ3n) is 1.25. The second-order valence-electron chi connectivity index (χ2n) is 3.99. The summed E-state index contributed by atoms with van der Waals surface area (Å²) >= 11 is 5.92. The lowest BCUT2D eigenvalue weighted by Crippen LogP contribution is -2.30. The first-order chi connectivity index (χ1) is 9.04. The van der Waals surface area contributed by atoms with Crippen molar-refractivity contribution in [2.75, 3.05) is 6.54 Å². The van der Waals surface area contributed by atoms with E-state index in [1.54, 1.807) is 19.9 Å². The predicted octanol–water partition coefficient (Wildman–Crippen LogP) is 4.02. The number of nitrogens with one attached hydrogen (secondary N) is 1. The van der Waals surface area contributed by atoms with Crippen LogP contribution in [0.5, 0.6) is 0 Å². The summed E-state index contributed by atoms with van der Waals surface area (Å²) in [6, 6.07) is 0. The van der Waals surface area contributed by atoms with E-state index in [2.05, 4.69) is 18.5 Å². The van der Waals surface area contributed by atoms with Crippen LogP contribution >= 0.6 is 36.4 Å². The highest BCUT2D eigenvalue weighted by atomic mass is 35.5. The molecule has 0 aliphatic rings. The maximum Gasteiger partial charge on any atom is 0.319 e. The summed E-state index contributed by atoms with van der Waals surface area (Å²) in [5.74, 6) is -0.722. The lowest BCUT2D eigenvalue weighted by atomic mass is 10.2. The Kier molecular flexibility index (Phi) is 38.6. The molecule has 0 aromatic heterocycles. The average Bonchev–Trinajstić information content (AvgIpc) is 2.28. The van der Waals surface area contributed by atoms with Gasteiger partial charge in [0.15, 0.2) is 0 Å². The molecule has 0 aliphatic heterocycles. The Bertz CT molecular complexity index is 346. The van der Waals surface area contributed by atoms with Gasteiger partial charge in [0, 0.05) is 6.54 Å². The van der Waals surface area contributed by atoms with Crippen LogP contribution in [0.1, 0.15) is 42.5 Å². The van der Waals surface area contributed by atoms with Crippen molar-refractivity contribution in [3.63, 3.8) is 0 Å². The van der Waals surface area contributed by atoms with Gasteiger partial charge in [-0.25, -0.2) is 0 Å². The first-order valence-corrected chi connectivity index (χ1v) is 6.89. The number of ketones is 1. The molecule has 0 aromatic rings. The van der Waals surface area contributed by atoms with Crippen molar-refractivity contribution in [3.8, 4) is 0 Å². The summed E-state index contributed by atoms with van der Waals surface area (Å²) < 4.78 is -0.481. The highest BCUT2D eigenvalue weighted by molar-refractivity contribution is 8.24. The second kappa shape index (κ2) is 23.4. The van der Waals surface area contributed by atoms with Crippen LogP contribution in [0.15, 0.2) is 25.4 Å². The minimum Gasteiger partial charge on any atom is -0.480 e. The molecule has 0 rings (SSSR count). The summed E-state index contributed by atoms with van der Waals surface area (Å²) in [5, 5.41) is 11.4. The van der Waals surface area contributed by atoms with Crippen LogP contribution in [0.25, 0.3) is 0 Å². The number of hydrogen-bond acceptors (Lipinski definition) is 5. The molecule has 0 bridgehead atoms. The standard InChI is InChI=1S/C7H11NO2S2.C3H7N.C3H6O.2CH4.ClH/c1-4-8-6(11)12-7(2,3)5(9)10;1-2-3-4;1-3(2)4;;;/h4H,1H2,2-3H3,(H,8,11)(H,9,10);2H,1,3-4H2;1-2H3;2*1H4;1H. The fourth-order valence-corrected chi connectivity index (χ4v) is 1.79. The number of nitrogens with two attached hydrogens (primary N) is 1. The molecule has 4 N–H and O–H groups in total. The van der Waals surface area contributed by atoms with E-state index >= 15 is 0 Å². The van der Waals surface area contributed by atoms with Gasteiger partial charge in [0.25, 0.3) is 0 Å². The number of carboxylic acids is 1. The molecule has 0 fully saturated rings. The van der Waals surface area contributed by atoms with Gasteiger partial charge in [-0.2, -0.15) is 0 Å². The fourth-order valence-electron chi connectivity index (χ4n) is 0.388. The maximum absolute atomic E-state index is 10.6. The lowest BCUT2D eigenvalue weighted by Gasteiger charge is -2.18. The normalized spacial score (nSPS) is 7.70. The van der Waals surface area contributed by atoms with Crippen molar-refractivity contribution in [3.05, 3.63) is 25.4 Å². The van der Waals surface area contributed by atoms with Crippen molar-refractivity contribution in [2.24, 2.45) is 5.73 Å². The maximum atomic E-state index is 10.6. The second-order valence-corrected chi connectivity index (χ2v) is 6.29. The highest BCUT2D eigenvalue weighted by Gasteiger charge is 2.29. The van der Waals surface area contributed by atoms with Crippen molar-refractivity contribution < 1.29 is 14.7 Å². The van der Waals surface area contributed by atoms with E-state index in [4.69, 9.17) is 23.1 Å². The fraction of sp³-hybridized carbons (Fsp3) is 0.533. The summed E-state index contributed by atoms with van der Waals surface area (Å²) in [6.07, 6.45) is 3.08. The van der Waals surface area contributed by atoms with Crippen LogP contribution in [0.2, 0.25) is 0 Å². The largest absolute Gasteiger partial charge is 0.480 e. The predicted molar refractivity (Wildman–Crippen MR) is 112 cm³/mol. The molecule has 0 saturated heterocycles. The van der Waals surface area contributed by atoms with E-state index in [9.17, 15) is 9.59 Å². The van der Waals surface area contributed by atoms with Gasteiger partial charge in [-0.15, -0.1) is 19.0 Å². The summed E-state index contributed by atoms with van der Waals surface area (Å²) in [7, 11) is 0. The van der Waals surface area contributed by atoms with Crippen LogP contribution in [0.4, 0.5) is 0 Å². The number of carbonyl (C=O) groups excluding carboxylic acids is 1. The van der Waals surface area contributed by atoms with Crippen LogP contribution in [-0.4, -0.2) is 32.5 Å². The van der Waals surface area contributed by atoms with Gasteiger partial charge < -0.3 is 21.0 Å². The van der Waals surface area contributed by atoms with Crippen LogP contribution < -0.4 is 11.1 Å². The van der Waals surface area contributed by atoms with E-state index in [-0.39, 0.29) is 33.0 Å². The molecule has 0 aromatic carbocycles. The summed E-state index contributed by atoms with van der Waals surface area (Å²) in [5.41, 5.74) is 4.91. The Morgan fingerprint density at radius 2 is 1.61 bits per heavy atom. The van der Waals surface area contributed by atoms with Gasteiger partial charge in [0.2, 0.25) is 0 Å². The molecule has 0 unspecified atom stereocenters. The topological polar surface area (TPSA) is 92.4 Å². The number of carboxylic acid groups (broad SMARTS) is 1. The zero-order valence-corrected chi connectivity index (χ0v) is 15.3. The molecule has 23 heavy (non-hydrogen) atoms. The number of thiocarbonyl (C=S) groups is 1. The number of halogens is 1. The number of Topliss-reactive ketones (excluding diaryl/α,β-unsaturated/α-hetero) is 1. The number of thioether (sulfide) groups is 1. The van der Waals surface area contributed by atoms with Gasteiger partial charge in [-0.05, 0) is 33.9 Å². The molecule has 0 heterocycles. The van der Waals surface area contributed by atoms with Gasteiger partial charge in [0.1, 0.15) is 14.9 Å². The van der Waals surface area contributed by atoms with Gasteiger partial charge in [-0.1, -0.05) is 51.5 Å². The Morgan fingerprint density at radius 3 is 1.78 bits per heavy atom. The third kappa shape index (κ3) is 38.7. The van der Waals surface area contributed by atoms with E-state index in [1.807, 2.05) is 0 Å². The third-order valence-corrected chi connectivity index (χ3v) is 2.61. The van der Waals surface area contributed by atoms with Crippen LogP contribution in [0, 0.1) is 0 Å². The van der Waals surface area contributed by atoms with Gasteiger partial charge in [0.05, 0.1) is 0 Å². The molecular formula is C15H33ClN2O3S2. The smallest absolute Gasteiger partial charge is 0.319 e. The van der Waals surface area contributed by atoms with E-state index in [0.717, 1.165) is 11.8 Å². The van der Waals surface area contributed by atoms with Crippen LogP contribution in [-0.2, 0) is 9.59 Å². The molecule has 0 saturated carbocycles. The molecule has 140 valence electrons. The first kappa shape index (κ1) is 38.0. The van der Waals surface area contributed by atoms with E-state index < -0.39 is 10.7 Å². The Morgan fingerprint density at radius 1 is 1.30 bits per heavy atom. The van der Waals surface area contributed by atoms with Crippen molar-refractivity contribution in [1.82, 2.24) is 5.32 Å². The number of rotatable bonds is 4. The minimum atomic E-state index is -0.896. The van der Waals surface area contributed by atoms with Gasteiger partial charge in [-0.3, -0.25) is 4.79 Å². The van der Waals surface area contributed by atoms with E-state index in [0.29, 0.717) is 10.9 Å². The lowest BCUT2D eigenvalue weighted by molar-refractivity contribution is -0.138. The minimum absolute atomic E-state index is 0. The first-order valence-electron chi connectivity index (χ1n) is 5.67. The quantitative estimate of drug-likeness (QED) is 0.494. The zero-order valence-electron chi connectivity index (χ0n) is 12.8. The van der Waals surface area contributed by atoms with Crippen molar-refractivity contribution in [2.45, 2.75) is 47.3 Å². The Balaban J connectivity index is -0.0000000559. The Hall–Kier alpha value is -0.890. The van der Waals surface area contributed by atoms with Crippen molar-refractivity contribution in [1.29, 1.82) is 0 Å². The average molecular weight is 389 g/mol. The zero-order chi connectivity index (χ0) is 16.8.